The molecule has 0 unspecified atom stereocenters. The van der Waals surface area contributed by atoms with Gasteiger partial charge in [0.05, 0.1) is 32.8 Å². The molecule has 2 spiro atoms. The molecule has 5 heteroatoms. The standard InChI is InChI=1S/C11H18O5/c12-7-9-5-10(13-1-2-14-10)8-11(6-9)15-3-4-16-11/h9,12H,1-8H2. The predicted octanol–water partition coefficient (Wildman–Crippen LogP) is 0.265. The van der Waals surface area contributed by atoms with Gasteiger partial charge in [0, 0.05) is 19.4 Å². The number of ether oxygens (including phenoxy) is 4. The molecule has 0 aromatic rings. The zero-order valence-corrected chi connectivity index (χ0v) is 9.31. The molecule has 1 aliphatic carbocycles. The van der Waals surface area contributed by atoms with Crippen molar-refractivity contribution in [3.63, 3.8) is 0 Å². The molecule has 1 saturated carbocycles. The third kappa shape index (κ3) is 1.76. The van der Waals surface area contributed by atoms with Gasteiger partial charge >= 0.3 is 0 Å². The van der Waals surface area contributed by atoms with Crippen LogP contribution in [0.5, 0.6) is 0 Å². The van der Waals surface area contributed by atoms with Crippen molar-refractivity contribution in [1.29, 1.82) is 0 Å². The average molecular weight is 230 g/mol. The molecule has 0 aromatic heterocycles. The Kier molecular flexibility index (Phi) is 2.68. The molecule has 2 aliphatic heterocycles. The molecule has 5 nitrogen and oxygen atoms in total. The monoisotopic (exact) mass is 230 g/mol. The van der Waals surface area contributed by atoms with Crippen molar-refractivity contribution in [3.05, 3.63) is 0 Å². The summed E-state index contributed by atoms with van der Waals surface area (Å²) in [6, 6.07) is 0. The quantitative estimate of drug-likeness (QED) is 0.700. The van der Waals surface area contributed by atoms with Crippen LogP contribution in [0.1, 0.15) is 19.3 Å². The van der Waals surface area contributed by atoms with Crippen molar-refractivity contribution in [2.75, 3.05) is 33.0 Å². The lowest BCUT2D eigenvalue weighted by Gasteiger charge is -2.44. The minimum absolute atomic E-state index is 0.128. The van der Waals surface area contributed by atoms with Crippen molar-refractivity contribution < 1.29 is 24.1 Å². The van der Waals surface area contributed by atoms with Crippen LogP contribution in [0.2, 0.25) is 0 Å². The van der Waals surface area contributed by atoms with Gasteiger partial charge in [-0.05, 0) is 5.92 Å². The van der Waals surface area contributed by atoms with Crippen molar-refractivity contribution in [1.82, 2.24) is 0 Å². The zero-order valence-electron chi connectivity index (χ0n) is 9.31. The summed E-state index contributed by atoms with van der Waals surface area (Å²) in [5, 5.41) is 9.36. The molecule has 2 heterocycles. The van der Waals surface area contributed by atoms with Gasteiger partial charge < -0.3 is 24.1 Å². The summed E-state index contributed by atoms with van der Waals surface area (Å²) in [4.78, 5) is 0. The Bertz CT molecular complexity index is 231. The van der Waals surface area contributed by atoms with E-state index in [1.54, 1.807) is 0 Å². The van der Waals surface area contributed by atoms with Crippen molar-refractivity contribution >= 4 is 0 Å². The molecule has 3 fully saturated rings. The molecular formula is C11H18O5. The summed E-state index contributed by atoms with van der Waals surface area (Å²) in [5.41, 5.74) is 0. The second kappa shape index (κ2) is 3.92. The van der Waals surface area contributed by atoms with Crippen LogP contribution in [0, 0.1) is 5.92 Å². The summed E-state index contributed by atoms with van der Waals surface area (Å²) in [6.07, 6.45) is 2.09. The first-order valence-electron chi connectivity index (χ1n) is 5.93. The molecule has 3 aliphatic rings. The normalized spacial score (nSPS) is 36.2. The van der Waals surface area contributed by atoms with Gasteiger partial charge in [-0.3, -0.25) is 0 Å². The van der Waals surface area contributed by atoms with Gasteiger partial charge in [-0.25, -0.2) is 0 Å². The third-order valence-corrected chi connectivity index (χ3v) is 3.62. The molecular weight excluding hydrogens is 212 g/mol. The first kappa shape index (κ1) is 10.9. The maximum Gasteiger partial charge on any atom is 0.173 e. The number of hydrogen-bond donors (Lipinski definition) is 1. The molecule has 0 amide bonds. The van der Waals surface area contributed by atoms with Crippen LogP contribution in [0.15, 0.2) is 0 Å². The topological polar surface area (TPSA) is 57.2 Å². The molecule has 1 N–H and O–H groups in total. The van der Waals surface area contributed by atoms with Crippen LogP contribution in [-0.2, 0) is 18.9 Å². The highest BCUT2D eigenvalue weighted by Gasteiger charge is 2.54. The van der Waals surface area contributed by atoms with Gasteiger partial charge in [-0.15, -0.1) is 0 Å². The molecule has 3 rings (SSSR count). The molecule has 0 atom stereocenters. The molecule has 0 aromatic carbocycles. The van der Waals surface area contributed by atoms with E-state index in [9.17, 15) is 5.11 Å². The smallest absolute Gasteiger partial charge is 0.173 e. The maximum atomic E-state index is 9.36. The number of aliphatic hydroxyl groups excluding tert-OH is 1. The fourth-order valence-corrected chi connectivity index (χ4v) is 3.07. The highest BCUT2D eigenvalue weighted by Crippen LogP contribution is 2.47. The highest BCUT2D eigenvalue weighted by molar-refractivity contribution is 4.94. The van der Waals surface area contributed by atoms with Gasteiger partial charge in [0.15, 0.2) is 11.6 Å². The highest BCUT2D eigenvalue weighted by atomic mass is 16.8. The second-order valence-electron chi connectivity index (χ2n) is 4.85. The SMILES string of the molecule is OCC1CC2(CC3(C1)OCCO3)OCCO2. The molecule has 2 saturated heterocycles. The summed E-state index contributed by atoms with van der Waals surface area (Å²) in [6.45, 7) is 2.61. The van der Waals surface area contributed by atoms with E-state index < -0.39 is 11.6 Å². The van der Waals surface area contributed by atoms with Gasteiger partial charge in [0.1, 0.15) is 0 Å². The molecule has 16 heavy (non-hydrogen) atoms. The summed E-state index contributed by atoms with van der Waals surface area (Å²) in [5.74, 6) is -1.05. The number of rotatable bonds is 1. The van der Waals surface area contributed by atoms with E-state index in [0.717, 1.165) is 12.8 Å². The summed E-state index contributed by atoms with van der Waals surface area (Å²) < 4.78 is 22.8. The molecule has 92 valence electrons. The van der Waals surface area contributed by atoms with Crippen molar-refractivity contribution in [2.24, 2.45) is 5.92 Å². The zero-order chi connectivity index (χ0) is 11.1. The number of hydrogen-bond acceptors (Lipinski definition) is 5. The maximum absolute atomic E-state index is 9.36. The van der Waals surface area contributed by atoms with E-state index in [1.807, 2.05) is 0 Å². The summed E-state index contributed by atoms with van der Waals surface area (Å²) in [7, 11) is 0. The van der Waals surface area contributed by atoms with E-state index in [2.05, 4.69) is 0 Å². The molecule has 0 radical (unpaired) electrons. The van der Waals surface area contributed by atoms with Gasteiger partial charge in [0.25, 0.3) is 0 Å². The average Bonchev–Trinajstić information content (AvgIpc) is 2.89. The summed E-state index contributed by atoms with van der Waals surface area (Å²) >= 11 is 0. The van der Waals surface area contributed by atoms with Gasteiger partial charge in [0.2, 0.25) is 0 Å². The largest absolute Gasteiger partial charge is 0.396 e. The Balaban J connectivity index is 1.81. The predicted molar refractivity (Wildman–Crippen MR) is 53.7 cm³/mol. The van der Waals surface area contributed by atoms with E-state index >= 15 is 0 Å². The van der Waals surface area contributed by atoms with E-state index in [-0.39, 0.29) is 12.5 Å². The van der Waals surface area contributed by atoms with Gasteiger partial charge in [-0.1, -0.05) is 0 Å². The fourth-order valence-electron chi connectivity index (χ4n) is 3.07. The fraction of sp³-hybridized carbons (Fsp3) is 1.00. The van der Waals surface area contributed by atoms with Crippen LogP contribution in [0.4, 0.5) is 0 Å². The van der Waals surface area contributed by atoms with Crippen molar-refractivity contribution in [2.45, 2.75) is 30.8 Å². The molecule has 0 bridgehead atoms. The van der Waals surface area contributed by atoms with E-state index in [0.29, 0.717) is 32.8 Å². The first-order chi connectivity index (χ1) is 7.76. The number of aliphatic hydroxyl groups is 1. The lowest BCUT2D eigenvalue weighted by atomic mass is 9.81. The minimum Gasteiger partial charge on any atom is -0.396 e. The first-order valence-corrected chi connectivity index (χ1v) is 5.93. The Labute approximate surface area is 94.6 Å². The Morgan fingerprint density at radius 1 is 0.875 bits per heavy atom. The Morgan fingerprint density at radius 3 is 1.69 bits per heavy atom. The van der Waals surface area contributed by atoms with E-state index in [4.69, 9.17) is 18.9 Å². The second-order valence-corrected chi connectivity index (χ2v) is 4.85. The minimum atomic E-state index is -0.587. The van der Waals surface area contributed by atoms with E-state index in [1.165, 1.54) is 0 Å². The van der Waals surface area contributed by atoms with Crippen molar-refractivity contribution in [3.8, 4) is 0 Å². The lowest BCUT2D eigenvalue weighted by molar-refractivity contribution is -0.286. The van der Waals surface area contributed by atoms with Crippen LogP contribution in [0.3, 0.4) is 0 Å². The van der Waals surface area contributed by atoms with Crippen LogP contribution >= 0.6 is 0 Å². The van der Waals surface area contributed by atoms with Gasteiger partial charge in [-0.2, -0.15) is 0 Å². The van der Waals surface area contributed by atoms with Crippen LogP contribution in [0.25, 0.3) is 0 Å². The van der Waals surface area contributed by atoms with Crippen LogP contribution < -0.4 is 0 Å². The van der Waals surface area contributed by atoms with Crippen LogP contribution in [-0.4, -0.2) is 49.7 Å². The lowest BCUT2D eigenvalue weighted by Crippen LogP contribution is -2.51. The third-order valence-electron chi connectivity index (χ3n) is 3.62. The Hall–Kier alpha value is -0.200. The Morgan fingerprint density at radius 2 is 1.31 bits per heavy atom.